The number of carbonyl (C=O) groups is 1. The van der Waals surface area contributed by atoms with Crippen molar-refractivity contribution < 1.29 is 13.7 Å². The minimum absolute atomic E-state index is 0.0748. The minimum atomic E-state index is -0.436. The molecule has 0 radical (unpaired) electrons. The van der Waals surface area contributed by atoms with Crippen LogP contribution in [0.2, 0.25) is 0 Å². The molecule has 0 atom stereocenters. The molecule has 0 bridgehead atoms. The average molecular weight is 327 g/mol. The van der Waals surface area contributed by atoms with Gasteiger partial charge in [0.05, 0.1) is 12.4 Å². The van der Waals surface area contributed by atoms with E-state index < -0.39 is 5.91 Å². The summed E-state index contributed by atoms with van der Waals surface area (Å²) in [5.41, 5.74) is 0.534. The second-order valence-corrected chi connectivity index (χ2v) is 5.01. The summed E-state index contributed by atoms with van der Waals surface area (Å²) in [5.74, 6) is 0.781. The van der Waals surface area contributed by atoms with Crippen molar-refractivity contribution in [2.45, 2.75) is 13.5 Å². The molecule has 24 heavy (non-hydrogen) atoms. The van der Waals surface area contributed by atoms with Crippen molar-refractivity contribution in [1.29, 1.82) is 0 Å². The van der Waals surface area contributed by atoms with E-state index in [-0.39, 0.29) is 18.1 Å². The van der Waals surface area contributed by atoms with Gasteiger partial charge < -0.3 is 15.2 Å². The molecule has 3 aromatic rings. The fourth-order valence-electron chi connectivity index (χ4n) is 1.97. The predicted octanol–water partition coefficient (Wildman–Crippen LogP) is 2.59. The number of aryl methyl sites for hydroxylation is 1. The number of halogens is 1. The minimum Gasteiger partial charge on any atom is -0.360 e. The Morgan fingerprint density at radius 2 is 2.04 bits per heavy atom. The molecule has 0 unspecified atom stereocenters. The normalized spacial score (nSPS) is 10.4. The highest BCUT2D eigenvalue weighted by Gasteiger charge is 2.10. The van der Waals surface area contributed by atoms with E-state index in [1.54, 1.807) is 31.2 Å². The van der Waals surface area contributed by atoms with Gasteiger partial charge in [0, 0.05) is 18.2 Å². The third-order valence-electron chi connectivity index (χ3n) is 3.17. The first-order chi connectivity index (χ1) is 11.6. The SMILES string of the molecule is Cc1cc(Nc2cnc(C(=O)NCc3ccccc3F)cn2)no1. The van der Waals surface area contributed by atoms with Crippen LogP contribution in [-0.2, 0) is 6.54 Å². The molecule has 2 heterocycles. The summed E-state index contributed by atoms with van der Waals surface area (Å²) >= 11 is 0. The molecule has 7 nitrogen and oxygen atoms in total. The van der Waals surface area contributed by atoms with Crippen LogP contribution < -0.4 is 10.6 Å². The maximum Gasteiger partial charge on any atom is 0.271 e. The Morgan fingerprint density at radius 1 is 1.21 bits per heavy atom. The first kappa shape index (κ1) is 15.6. The fraction of sp³-hybridized carbons (Fsp3) is 0.125. The summed E-state index contributed by atoms with van der Waals surface area (Å²) in [6.45, 7) is 1.85. The average Bonchev–Trinajstić information content (AvgIpc) is 2.99. The molecule has 1 aromatic carbocycles. The largest absolute Gasteiger partial charge is 0.360 e. The number of anilines is 2. The van der Waals surface area contributed by atoms with Crippen LogP contribution in [0.25, 0.3) is 0 Å². The van der Waals surface area contributed by atoms with Crippen LogP contribution in [0.5, 0.6) is 0 Å². The first-order valence-electron chi connectivity index (χ1n) is 7.16. The number of rotatable bonds is 5. The Bertz CT molecular complexity index is 848. The van der Waals surface area contributed by atoms with Crippen molar-refractivity contribution in [1.82, 2.24) is 20.4 Å². The van der Waals surface area contributed by atoms with Gasteiger partial charge in [0.25, 0.3) is 5.91 Å². The summed E-state index contributed by atoms with van der Waals surface area (Å²) in [5, 5.41) is 9.27. The Labute approximate surface area is 136 Å². The van der Waals surface area contributed by atoms with Crippen LogP contribution in [-0.4, -0.2) is 21.0 Å². The van der Waals surface area contributed by atoms with E-state index in [1.165, 1.54) is 18.5 Å². The van der Waals surface area contributed by atoms with E-state index in [0.717, 1.165) is 0 Å². The van der Waals surface area contributed by atoms with Crippen molar-refractivity contribution in [3.8, 4) is 0 Å². The fourth-order valence-corrected chi connectivity index (χ4v) is 1.97. The highest BCUT2D eigenvalue weighted by Crippen LogP contribution is 2.13. The van der Waals surface area contributed by atoms with Gasteiger partial charge in [-0.05, 0) is 13.0 Å². The second-order valence-electron chi connectivity index (χ2n) is 5.01. The molecular formula is C16H14FN5O2. The highest BCUT2D eigenvalue weighted by atomic mass is 19.1. The van der Waals surface area contributed by atoms with E-state index in [4.69, 9.17) is 4.52 Å². The van der Waals surface area contributed by atoms with E-state index in [2.05, 4.69) is 25.8 Å². The molecule has 0 aliphatic rings. The molecule has 1 amide bonds. The lowest BCUT2D eigenvalue weighted by atomic mass is 10.2. The van der Waals surface area contributed by atoms with E-state index in [0.29, 0.717) is 23.0 Å². The Kier molecular flexibility index (Phi) is 4.46. The zero-order chi connectivity index (χ0) is 16.9. The summed E-state index contributed by atoms with van der Waals surface area (Å²) in [6, 6.07) is 7.95. The molecule has 0 aliphatic carbocycles. The summed E-state index contributed by atoms with van der Waals surface area (Å²) in [7, 11) is 0. The number of nitrogens with zero attached hydrogens (tertiary/aromatic N) is 3. The quantitative estimate of drug-likeness (QED) is 0.748. The molecular weight excluding hydrogens is 313 g/mol. The standard InChI is InChI=1S/C16H14FN5O2/c1-10-6-14(22-24-10)21-15-9-18-13(8-19-15)16(23)20-7-11-4-2-3-5-12(11)17/h2-6,8-9H,7H2,1H3,(H,20,23)(H,19,21,22). The maximum absolute atomic E-state index is 13.5. The number of aromatic nitrogens is 3. The molecule has 2 aromatic heterocycles. The van der Waals surface area contributed by atoms with Crippen LogP contribution in [0.4, 0.5) is 16.0 Å². The van der Waals surface area contributed by atoms with Crippen LogP contribution in [0, 0.1) is 12.7 Å². The third kappa shape index (κ3) is 3.72. The summed E-state index contributed by atoms with van der Waals surface area (Å²) < 4.78 is 18.4. The van der Waals surface area contributed by atoms with Crippen molar-refractivity contribution in [3.05, 3.63) is 65.6 Å². The van der Waals surface area contributed by atoms with Gasteiger partial charge in [-0.2, -0.15) is 0 Å². The zero-order valence-corrected chi connectivity index (χ0v) is 12.8. The van der Waals surface area contributed by atoms with Crippen molar-refractivity contribution in [2.24, 2.45) is 0 Å². The molecule has 122 valence electrons. The van der Waals surface area contributed by atoms with Crippen molar-refractivity contribution in [2.75, 3.05) is 5.32 Å². The number of carbonyl (C=O) groups excluding carboxylic acids is 1. The van der Waals surface area contributed by atoms with Gasteiger partial charge in [0.2, 0.25) is 0 Å². The van der Waals surface area contributed by atoms with Crippen LogP contribution >= 0.6 is 0 Å². The Balaban J connectivity index is 1.60. The number of hydrogen-bond donors (Lipinski definition) is 2. The Hall–Kier alpha value is -3.29. The third-order valence-corrected chi connectivity index (χ3v) is 3.17. The number of benzene rings is 1. The van der Waals surface area contributed by atoms with Gasteiger partial charge >= 0.3 is 0 Å². The zero-order valence-electron chi connectivity index (χ0n) is 12.8. The molecule has 3 rings (SSSR count). The Morgan fingerprint density at radius 3 is 2.71 bits per heavy atom. The van der Waals surface area contributed by atoms with Gasteiger partial charge in [-0.1, -0.05) is 23.4 Å². The summed E-state index contributed by atoms with van der Waals surface area (Å²) in [4.78, 5) is 20.1. The van der Waals surface area contributed by atoms with Crippen molar-refractivity contribution >= 4 is 17.5 Å². The number of nitrogens with one attached hydrogen (secondary N) is 2. The smallest absolute Gasteiger partial charge is 0.271 e. The molecule has 0 spiro atoms. The van der Waals surface area contributed by atoms with Crippen molar-refractivity contribution in [3.63, 3.8) is 0 Å². The van der Waals surface area contributed by atoms with Gasteiger partial charge in [-0.25, -0.2) is 14.4 Å². The molecule has 8 heteroatoms. The predicted molar refractivity (Wildman–Crippen MR) is 84.1 cm³/mol. The van der Waals surface area contributed by atoms with E-state index in [1.807, 2.05) is 0 Å². The van der Waals surface area contributed by atoms with Crippen LogP contribution in [0.15, 0.2) is 47.2 Å². The summed E-state index contributed by atoms with van der Waals surface area (Å²) in [6.07, 6.45) is 2.73. The van der Waals surface area contributed by atoms with Gasteiger partial charge in [0.15, 0.2) is 5.82 Å². The first-order valence-corrected chi connectivity index (χ1v) is 7.16. The number of hydrogen-bond acceptors (Lipinski definition) is 6. The molecule has 2 N–H and O–H groups in total. The van der Waals surface area contributed by atoms with E-state index >= 15 is 0 Å². The topological polar surface area (TPSA) is 92.9 Å². The lowest BCUT2D eigenvalue weighted by Gasteiger charge is -2.06. The van der Waals surface area contributed by atoms with Gasteiger partial charge in [0.1, 0.15) is 23.1 Å². The van der Waals surface area contributed by atoms with Crippen LogP contribution in [0.1, 0.15) is 21.8 Å². The molecule has 0 aliphatic heterocycles. The van der Waals surface area contributed by atoms with Gasteiger partial charge in [-0.3, -0.25) is 4.79 Å². The monoisotopic (exact) mass is 327 g/mol. The maximum atomic E-state index is 13.5. The molecule has 0 fully saturated rings. The lowest BCUT2D eigenvalue weighted by molar-refractivity contribution is 0.0945. The number of amides is 1. The lowest BCUT2D eigenvalue weighted by Crippen LogP contribution is -2.24. The van der Waals surface area contributed by atoms with Crippen LogP contribution in [0.3, 0.4) is 0 Å². The second kappa shape index (κ2) is 6.86. The highest BCUT2D eigenvalue weighted by molar-refractivity contribution is 5.92. The van der Waals surface area contributed by atoms with E-state index in [9.17, 15) is 9.18 Å². The van der Waals surface area contributed by atoms with Gasteiger partial charge in [-0.15, -0.1) is 0 Å². The molecule has 0 saturated heterocycles. The molecule has 0 saturated carbocycles.